The molecule has 24 heavy (non-hydrogen) atoms. The molecule has 0 aromatic rings. The van der Waals surface area contributed by atoms with Crippen LogP contribution in [-0.4, -0.2) is 42.8 Å². The number of carbonyl (C=O) groups excluding carboxylic acids is 4. The van der Waals surface area contributed by atoms with Crippen molar-refractivity contribution in [1.82, 2.24) is 10.6 Å². The summed E-state index contributed by atoms with van der Waals surface area (Å²) < 4.78 is 4.79. The van der Waals surface area contributed by atoms with Crippen LogP contribution in [0.4, 0.5) is 0 Å². The Kier molecular flexibility index (Phi) is 7.88. The number of hydrogen-bond donors (Lipinski definition) is 2. The first kappa shape index (κ1) is 20.1. The first-order valence-corrected chi connectivity index (χ1v) is 8.41. The van der Waals surface area contributed by atoms with Gasteiger partial charge in [0.25, 0.3) is 0 Å². The Morgan fingerprint density at radius 2 is 1.92 bits per heavy atom. The molecule has 0 spiro atoms. The van der Waals surface area contributed by atoms with E-state index in [0.29, 0.717) is 25.7 Å². The zero-order valence-corrected chi connectivity index (χ0v) is 14.9. The van der Waals surface area contributed by atoms with Crippen molar-refractivity contribution in [2.75, 3.05) is 7.11 Å². The number of amides is 2. The van der Waals surface area contributed by atoms with Gasteiger partial charge in [0, 0.05) is 19.8 Å². The molecular weight excluding hydrogens is 312 g/mol. The van der Waals surface area contributed by atoms with Gasteiger partial charge in [0.05, 0.1) is 7.11 Å². The maximum atomic E-state index is 12.6. The fourth-order valence-electron chi connectivity index (χ4n) is 3.04. The first-order valence-electron chi connectivity index (χ1n) is 8.41. The molecule has 0 aromatic carbocycles. The van der Waals surface area contributed by atoms with Crippen LogP contribution in [0.25, 0.3) is 0 Å². The Morgan fingerprint density at radius 1 is 1.25 bits per heavy atom. The van der Waals surface area contributed by atoms with E-state index in [1.54, 1.807) is 0 Å². The molecule has 0 heterocycles. The quantitative estimate of drug-likeness (QED) is 0.672. The van der Waals surface area contributed by atoms with Crippen LogP contribution in [-0.2, 0) is 23.9 Å². The van der Waals surface area contributed by atoms with E-state index in [1.165, 1.54) is 14.0 Å². The zero-order chi connectivity index (χ0) is 18.3. The molecule has 136 valence electrons. The average Bonchev–Trinajstić information content (AvgIpc) is 2.50. The lowest BCUT2D eigenvalue weighted by Crippen LogP contribution is -2.54. The normalized spacial score (nSPS) is 20.2. The van der Waals surface area contributed by atoms with Crippen LogP contribution < -0.4 is 10.6 Å². The smallest absolute Gasteiger partial charge is 0.328 e. The highest BCUT2D eigenvalue weighted by atomic mass is 16.5. The Hall–Kier alpha value is -1.92. The van der Waals surface area contributed by atoms with E-state index in [9.17, 15) is 19.2 Å². The Morgan fingerprint density at radius 3 is 2.42 bits per heavy atom. The molecule has 1 fully saturated rings. The molecule has 0 aliphatic heterocycles. The number of carbonyl (C=O) groups is 4. The molecule has 1 rings (SSSR count). The molecule has 1 aliphatic rings. The largest absolute Gasteiger partial charge is 0.467 e. The monoisotopic (exact) mass is 340 g/mol. The minimum atomic E-state index is -0.866. The van der Waals surface area contributed by atoms with E-state index < -0.39 is 24.0 Å². The fraction of sp³-hybridized carbons (Fsp3) is 0.765. The van der Waals surface area contributed by atoms with Crippen LogP contribution in [0.2, 0.25) is 0 Å². The number of hydrogen-bond acceptors (Lipinski definition) is 5. The van der Waals surface area contributed by atoms with E-state index in [1.807, 2.05) is 13.8 Å². The third-order valence-corrected chi connectivity index (χ3v) is 4.15. The number of rotatable bonds is 7. The van der Waals surface area contributed by atoms with Gasteiger partial charge in [-0.3, -0.25) is 14.4 Å². The van der Waals surface area contributed by atoms with Crippen molar-refractivity contribution in [2.45, 2.75) is 65.0 Å². The van der Waals surface area contributed by atoms with Crippen LogP contribution in [0.3, 0.4) is 0 Å². The molecule has 2 amide bonds. The molecule has 0 bridgehead atoms. The van der Waals surface area contributed by atoms with Crippen LogP contribution in [0.5, 0.6) is 0 Å². The van der Waals surface area contributed by atoms with Crippen molar-refractivity contribution in [3.63, 3.8) is 0 Å². The van der Waals surface area contributed by atoms with Gasteiger partial charge < -0.3 is 15.4 Å². The molecule has 7 heteroatoms. The molecule has 1 saturated carbocycles. The molecule has 7 nitrogen and oxygen atoms in total. The van der Waals surface area contributed by atoms with Crippen LogP contribution in [0.15, 0.2) is 0 Å². The predicted octanol–water partition coefficient (Wildman–Crippen LogP) is 0.954. The summed E-state index contributed by atoms with van der Waals surface area (Å²) in [7, 11) is 1.26. The topological polar surface area (TPSA) is 102 Å². The number of nitrogens with one attached hydrogen (secondary N) is 2. The van der Waals surface area contributed by atoms with Crippen molar-refractivity contribution in [3.05, 3.63) is 0 Å². The highest BCUT2D eigenvalue weighted by molar-refractivity contribution is 5.91. The summed E-state index contributed by atoms with van der Waals surface area (Å²) in [5.74, 6) is -1.27. The SMILES string of the molecule is COC(=O)[C@@H](NC(=O)[C@H](CC(C)C)NC(C)=O)[C@H]1CCCC(=O)C1. The highest BCUT2D eigenvalue weighted by Crippen LogP contribution is 2.25. The third kappa shape index (κ3) is 6.29. The Bertz CT molecular complexity index is 489. The molecule has 0 radical (unpaired) electrons. The second-order valence-electron chi connectivity index (χ2n) is 6.79. The van der Waals surface area contributed by atoms with Gasteiger partial charge in [-0.2, -0.15) is 0 Å². The summed E-state index contributed by atoms with van der Waals surface area (Å²) in [6, 6.07) is -1.58. The number of esters is 1. The Balaban J connectivity index is 2.86. The second kappa shape index (κ2) is 9.39. The summed E-state index contributed by atoms with van der Waals surface area (Å²) in [5.41, 5.74) is 0. The molecule has 0 aromatic heterocycles. The van der Waals surface area contributed by atoms with Crippen LogP contribution in [0.1, 0.15) is 52.9 Å². The number of ketones is 1. The average molecular weight is 340 g/mol. The lowest BCUT2D eigenvalue weighted by atomic mass is 9.83. The van der Waals surface area contributed by atoms with Gasteiger partial charge in [-0.15, -0.1) is 0 Å². The highest BCUT2D eigenvalue weighted by Gasteiger charge is 2.35. The van der Waals surface area contributed by atoms with Crippen molar-refractivity contribution in [3.8, 4) is 0 Å². The standard InChI is InChI=1S/C17H28N2O5/c1-10(2)8-14(18-11(3)20)16(22)19-15(17(23)24-4)12-6-5-7-13(21)9-12/h10,12,14-15H,5-9H2,1-4H3,(H,18,20)(H,19,22)/t12-,14-,15-/m0/s1. The van der Waals surface area contributed by atoms with E-state index in [2.05, 4.69) is 10.6 Å². The summed E-state index contributed by atoms with van der Waals surface area (Å²) in [6.07, 6.45) is 2.62. The van der Waals surface area contributed by atoms with E-state index in [4.69, 9.17) is 4.74 Å². The summed E-state index contributed by atoms with van der Waals surface area (Å²) in [5, 5.41) is 5.30. The van der Waals surface area contributed by atoms with Crippen molar-refractivity contribution < 1.29 is 23.9 Å². The third-order valence-electron chi connectivity index (χ3n) is 4.15. The van der Waals surface area contributed by atoms with Crippen LogP contribution >= 0.6 is 0 Å². The van der Waals surface area contributed by atoms with Crippen molar-refractivity contribution >= 4 is 23.6 Å². The van der Waals surface area contributed by atoms with Crippen molar-refractivity contribution in [1.29, 1.82) is 0 Å². The van der Waals surface area contributed by atoms with Gasteiger partial charge >= 0.3 is 5.97 Å². The molecule has 2 N–H and O–H groups in total. The first-order chi connectivity index (χ1) is 11.2. The summed E-state index contributed by atoms with van der Waals surface area (Å²) >= 11 is 0. The van der Waals surface area contributed by atoms with Gasteiger partial charge in [-0.25, -0.2) is 4.79 Å². The predicted molar refractivity (Wildman–Crippen MR) is 88.0 cm³/mol. The van der Waals surface area contributed by atoms with Gasteiger partial charge in [-0.1, -0.05) is 13.8 Å². The minimum Gasteiger partial charge on any atom is -0.467 e. The molecule has 0 saturated heterocycles. The molecule has 1 aliphatic carbocycles. The maximum absolute atomic E-state index is 12.6. The van der Waals surface area contributed by atoms with Gasteiger partial charge in [-0.05, 0) is 31.1 Å². The van der Waals surface area contributed by atoms with E-state index >= 15 is 0 Å². The summed E-state index contributed by atoms with van der Waals surface area (Å²) in [6.45, 7) is 5.23. The lowest BCUT2D eigenvalue weighted by molar-refractivity contribution is -0.147. The van der Waals surface area contributed by atoms with Crippen LogP contribution in [0, 0.1) is 11.8 Å². The lowest BCUT2D eigenvalue weighted by Gasteiger charge is -2.30. The number of methoxy groups -OCH3 is 1. The Labute approximate surface area is 142 Å². The van der Waals surface area contributed by atoms with Gasteiger partial charge in [0.15, 0.2) is 0 Å². The number of Topliss-reactive ketones (excluding diaryl/α,β-unsaturated/α-hetero) is 1. The zero-order valence-electron chi connectivity index (χ0n) is 14.9. The van der Waals surface area contributed by atoms with E-state index in [0.717, 1.165) is 0 Å². The fourth-order valence-corrected chi connectivity index (χ4v) is 3.04. The maximum Gasteiger partial charge on any atom is 0.328 e. The minimum absolute atomic E-state index is 0.0926. The van der Waals surface area contributed by atoms with E-state index in [-0.39, 0.29) is 29.9 Å². The van der Waals surface area contributed by atoms with Gasteiger partial charge in [0.2, 0.25) is 11.8 Å². The second-order valence-corrected chi connectivity index (χ2v) is 6.79. The van der Waals surface area contributed by atoms with Crippen molar-refractivity contribution in [2.24, 2.45) is 11.8 Å². The van der Waals surface area contributed by atoms with Gasteiger partial charge in [0.1, 0.15) is 17.9 Å². The molecule has 3 atom stereocenters. The molecular formula is C17H28N2O5. The number of ether oxygens (including phenoxy) is 1. The summed E-state index contributed by atoms with van der Waals surface area (Å²) in [4.78, 5) is 47.6. The molecule has 0 unspecified atom stereocenters.